The Kier molecular flexibility index (Phi) is 2.22. The monoisotopic (exact) mass is 221 g/mol. The quantitative estimate of drug-likeness (QED) is 0.687. The van der Waals surface area contributed by atoms with Crippen molar-refractivity contribution >= 4 is 16.6 Å². The highest BCUT2D eigenvalue weighted by molar-refractivity contribution is 5.95. The minimum atomic E-state index is 0.439. The largest absolute Gasteiger partial charge is 0.382 e. The van der Waals surface area contributed by atoms with E-state index < -0.39 is 0 Å². The Bertz CT molecular complexity index is 654. The zero-order valence-corrected chi connectivity index (χ0v) is 9.17. The number of anilines is 1. The average Bonchev–Trinajstić information content (AvgIpc) is 2.39. The van der Waals surface area contributed by atoms with Crippen molar-refractivity contribution in [2.24, 2.45) is 0 Å². The lowest BCUT2D eigenvalue weighted by molar-refractivity contribution is 1.22. The number of fused-ring (bicyclic) bond motifs is 1. The van der Waals surface area contributed by atoms with Gasteiger partial charge in [0.2, 0.25) is 0 Å². The first kappa shape index (κ1) is 9.78. The normalized spacial score (nSPS) is 10.6. The van der Waals surface area contributed by atoms with Gasteiger partial charge in [-0.15, -0.1) is 0 Å². The molecule has 1 aromatic heterocycles. The zero-order valence-electron chi connectivity index (χ0n) is 9.17. The van der Waals surface area contributed by atoms with E-state index >= 15 is 0 Å². The van der Waals surface area contributed by atoms with Gasteiger partial charge in [-0.25, -0.2) is 4.98 Å². The Morgan fingerprint density at radius 3 is 2.47 bits per heavy atom. The predicted octanol–water partition coefficient (Wildman–Crippen LogP) is 2.88. The molecule has 17 heavy (non-hydrogen) atoms. The van der Waals surface area contributed by atoms with Gasteiger partial charge in [-0.1, -0.05) is 42.5 Å². The molecule has 3 nitrogen and oxygen atoms in total. The van der Waals surface area contributed by atoms with Crippen molar-refractivity contribution in [1.29, 1.82) is 0 Å². The van der Waals surface area contributed by atoms with E-state index in [1.54, 1.807) is 12.4 Å². The summed E-state index contributed by atoms with van der Waals surface area (Å²) >= 11 is 0. The van der Waals surface area contributed by atoms with Crippen LogP contribution in [-0.4, -0.2) is 9.97 Å². The highest BCUT2D eigenvalue weighted by Crippen LogP contribution is 2.26. The van der Waals surface area contributed by atoms with Crippen LogP contribution in [0.4, 0.5) is 5.82 Å². The van der Waals surface area contributed by atoms with Gasteiger partial charge in [0.05, 0.1) is 18.1 Å². The van der Waals surface area contributed by atoms with Crippen molar-refractivity contribution in [1.82, 2.24) is 9.97 Å². The molecule has 0 unspecified atom stereocenters. The van der Waals surface area contributed by atoms with E-state index in [1.807, 2.05) is 24.3 Å². The van der Waals surface area contributed by atoms with Crippen molar-refractivity contribution in [3.8, 4) is 11.3 Å². The topological polar surface area (TPSA) is 51.8 Å². The molecule has 0 saturated heterocycles. The van der Waals surface area contributed by atoms with Gasteiger partial charge in [-0.2, -0.15) is 0 Å². The fourth-order valence-corrected chi connectivity index (χ4v) is 1.93. The summed E-state index contributed by atoms with van der Waals surface area (Å²) in [6.07, 6.45) is 3.29. The molecule has 0 bridgehead atoms. The highest BCUT2D eigenvalue weighted by Gasteiger charge is 2.04. The van der Waals surface area contributed by atoms with Crippen LogP contribution in [0.5, 0.6) is 0 Å². The van der Waals surface area contributed by atoms with E-state index in [4.69, 9.17) is 5.73 Å². The Morgan fingerprint density at radius 1 is 0.824 bits per heavy atom. The predicted molar refractivity (Wildman–Crippen MR) is 69.4 cm³/mol. The Balaban J connectivity index is 2.27. The van der Waals surface area contributed by atoms with E-state index in [1.165, 1.54) is 10.8 Å². The SMILES string of the molecule is Nc1cnc(-c2cccc3ccccc23)cn1. The third-order valence-electron chi connectivity index (χ3n) is 2.74. The molecule has 0 radical (unpaired) electrons. The standard InChI is InChI=1S/C14H11N3/c15-14-9-16-13(8-17-14)12-7-3-5-10-4-1-2-6-11(10)12/h1-9H,(H2,15,17). The molecule has 1 heterocycles. The van der Waals surface area contributed by atoms with Gasteiger partial charge in [0.1, 0.15) is 5.82 Å². The lowest BCUT2D eigenvalue weighted by Gasteiger charge is -2.05. The molecule has 0 amide bonds. The highest BCUT2D eigenvalue weighted by atomic mass is 14.9. The molecule has 0 aliphatic rings. The summed E-state index contributed by atoms with van der Waals surface area (Å²) in [5, 5.41) is 2.37. The molecule has 0 atom stereocenters. The smallest absolute Gasteiger partial charge is 0.141 e. The van der Waals surface area contributed by atoms with E-state index in [-0.39, 0.29) is 0 Å². The maximum atomic E-state index is 5.54. The molecule has 0 spiro atoms. The van der Waals surface area contributed by atoms with E-state index in [9.17, 15) is 0 Å². The number of nitrogens with two attached hydrogens (primary N) is 1. The first-order chi connectivity index (χ1) is 8.34. The average molecular weight is 221 g/mol. The van der Waals surface area contributed by atoms with Crippen molar-refractivity contribution in [3.63, 3.8) is 0 Å². The minimum Gasteiger partial charge on any atom is -0.382 e. The molecule has 2 N–H and O–H groups in total. The fourth-order valence-electron chi connectivity index (χ4n) is 1.93. The van der Waals surface area contributed by atoms with Gasteiger partial charge in [-0.3, -0.25) is 4.98 Å². The fraction of sp³-hybridized carbons (Fsp3) is 0. The lowest BCUT2D eigenvalue weighted by Crippen LogP contribution is -1.92. The van der Waals surface area contributed by atoms with Crippen LogP contribution in [0.15, 0.2) is 54.9 Å². The summed E-state index contributed by atoms with van der Waals surface area (Å²) in [5.74, 6) is 0.439. The molecule has 0 fully saturated rings. The molecule has 2 aromatic carbocycles. The molecule has 3 heteroatoms. The number of nitrogens with zero attached hydrogens (tertiary/aromatic N) is 2. The number of benzene rings is 2. The number of hydrogen-bond acceptors (Lipinski definition) is 3. The molecule has 0 aliphatic heterocycles. The molecular formula is C14H11N3. The Labute approximate surface area is 98.9 Å². The molecule has 3 aromatic rings. The molecule has 0 saturated carbocycles. The minimum absolute atomic E-state index is 0.439. The second-order valence-corrected chi connectivity index (χ2v) is 3.85. The summed E-state index contributed by atoms with van der Waals surface area (Å²) in [6.45, 7) is 0. The second-order valence-electron chi connectivity index (χ2n) is 3.85. The molecule has 0 aliphatic carbocycles. The van der Waals surface area contributed by atoms with Crippen LogP contribution in [0, 0.1) is 0 Å². The van der Waals surface area contributed by atoms with E-state index in [0.29, 0.717) is 5.82 Å². The van der Waals surface area contributed by atoms with Gasteiger partial charge in [0, 0.05) is 5.56 Å². The van der Waals surface area contributed by atoms with Crippen LogP contribution in [0.3, 0.4) is 0 Å². The number of hydrogen-bond donors (Lipinski definition) is 1. The molecule has 3 rings (SSSR count). The van der Waals surface area contributed by atoms with Crippen molar-refractivity contribution in [2.75, 3.05) is 5.73 Å². The van der Waals surface area contributed by atoms with Gasteiger partial charge >= 0.3 is 0 Å². The van der Waals surface area contributed by atoms with Gasteiger partial charge in [0.15, 0.2) is 0 Å². The maximum absolute atomic E-state index is 5.54. The van der Waals surface area contributed by atoms with Crippen LogP contribution < -0.4 is 5.73 Å². The van der Waals surface area contributed by atoms with Crippen molar-refractivity contribution in [2.45, 2.75) is 0 Å². The van der Waals surface area contributed by atoms with Crippen LogP contribution in [0.1, 0.15) is 0 Å². The van der Waals surface area contributed by atoms with Crippen molar-refractivity contribution in [3.05, 3.63) is 54.9 Å². The Hall–Kier alpha value is -2.42. The maximum Gasteiger partial charge on any atom is 0.141 e. The summed E-state index contributed by atoms with van der Waals surface area (Å²) in [4.78, 5) is 8.39. The van der Waals surface area contributed by atoms with Crippen molar-refractivity contribution < 1.29 is 0 Å². The number of nitrogen functional groups attached to an aromatic ring is 1. The number of aromatic nitrogens is 2. The van der Waals surface area contributed by atoms with Gasteiger partial charge in [0.25, 0.3) is 0 Å². The molecular weight excluding hydrogens is 210 g/mol. The third kappa shape index (κ3) is 1.72. The van der Waals surface area contributed by atoms with E-state index in [0.717, 1.165) is 11.3 Å². The van der Waals surface area contributed by atoms with Crippen LogP contribution in [0.25, 0.3) is 22.0 Å². The van der Waals surface area contributed by atoms with Crippen LogP contribution in [-0.2, 0) is 0 Å². The number of rotatable bonds is 1. The zero-order chi connectivity index (χ0) is 11.7. The van der Waals surface area contributed by atoms with Gasteiger partial charge < -0.3 is 5.73 Å². The molecule has 82 valence electrons. The Morgan fingerprint density at radius 2 is 1.65 bits per heavy atom. The summed E-state index contributed by atoms with van der Waals surface area (Å²) in [6, 6.07) is 14.4. The van der Waals surface area contributed by atoms with Gasteiger partial charge in [-0.05, 0) is 10.8 Å². The summed E-state index contributed by atoms with van der Waals surface area (Å²) in [5.41, 5.74) is 7.47. The second kappa shape index (κ2) is 3.87. The lowest BCUT2D eigenvalue weighted by atomic mass is 10.0. The summed E-state index contributed by atoms with van der Waals surface area (Å²) in [7, 11) is 0. The van der Waals surface area contributed by atoms with E-state index in [2.05, 4.69) is 28.2 Å². The first-order valence-electron chi connectivity index (χ1n) is 5.40. The summed E-state index contributed by atoms with van der Waals surface area (Å²) < 4.78 is 0. The van der Waals surface area contributed by atoms with Crippen LogP contribution >= 0.6 is 0 Å². The van der Waals surface area contributed by atoms with Crippen LogP contribution in [0.2, 0.25) is 0 Å². The first-order valence-corrected chi connectivity index (χ1v) is 5.40. The third-order valence-corrected chi connectivity index (χ3v) is 2.74.